The second-order valence-electron chi connectivity index (χ2n) is 13.5. The van der Waals surface area contributed by atoms with Gasteiger partial charge in [-0.25, -0.2) is 0 Å². The van der Waals surface area contributed by atoms with Crippen LogP contribution in [0, 0.1) is 0 Å². The van der Waals surface area contributed by atoms with E-state index in [0.29, 0.717) is 0 Å². The molecule has 0 bridgehead atoms. The van der Waals surface area contributed by atoms with Crippen LogP contribution in [0.25, 0.3) is 0 Å². The van der Waals surface area contributed by atoms with Crippen LogP contribution in [-0.4, -0.2) is 262 Å². The van der Waals surface area contributed by atoms with Gasteiger partial charge in [0.1, 0.15) is 116 Å². The van der Waals surface area contributed by atoms with Crippen molar-refractivity contribution in [3.63, 3.8) is 0 Å². The first-order valence-corrected chi connectivity index (χ1v) is 17.0. The molecule has 316 valence electrons. The van der Waals surface area contributed by atoms with Gasteiger partial charge in [0.05, 0.1) is 33.0 Å². The Bertz CT molecular complexity index is 1160. The lowest BCUT2D eigenvalue weighted by Crippen LogP contribution is -2.63. The van der Waals surface area contributed by atoms with E-state index in [2.05, 4.69) is 0 Å². The van der Waals surface area contributed by atoms with Gasteiger partial charge in [0.15, 0.2) is 31.5 Å². The third-order valence-corrected chi connectivity index (χ3v) is 9.92. The number of aliphatic hydroxyl groups excluding tert-OH is 16. The van der Waals surface area contributed by atoms with E-state index < -0.39 is 180 Å². The van der Waals surface area contributed by atoms with E-state index in [1.54, 1.807) is 0 Å². The van der Waals surface area contributed by atoms with Crippen molar-refractivity contribution >= 4 is 0 Å². The minimum Gasteiger partial charge on any atom is -0.394 e. The van der Waals surface area contributed by atoms with Crippen LogP contribution in [0.1, 0.15) is 0 Å². The molecular weight excluding hydrogens is 748 g/mol. The molecule has 0 aromatic rings. The summed E-state index contributed by atoms with van der Waals surface area (Å²) in [4.78, 5) is 0. The van der Waals surface area contributed by atoms with E-state index in [-0.39, 0.29) is 0 Å². The molecule has 0 spiro atoms. The molecule has 54 heavy (non-hydrogen) atoms. The van der Waals surface area contributed by atoms with Crippen LogP contribution in [0.2, 0.25) is 0 Å². The fourth-order valence-electron chi connectivity index (χ4n) is 6.52. The molecule has 0 unspecified atom stereocenters. The topological polar surface area (TPSA) is 407 Å². The average molecular weight is 799 g/mol. The molecule has 5 fully saturated rings. The van der Waals surface area contributed by atoms with Gasteiger partial charge in [-0.2, -0.15) is 0 Å². The summed E-state index contributed by atoms with van der Waals surface area (Å²) in [7, 11) is 0. The molecule has 0 amide bonds. The molecule has 5 aliphatic heterocycles. The fourth-order valence-corrected chi connectivity index (χ4v) is 6.52. The van der Waals surface area contributed by atoms with Crippen molar-refractivity contribution in [1.29, 1.82) is 0 Å². The number of hydrogen-bond acceptors (Lipinski definition) is 25. The average Bonchev–Trinajstić information content (AvgIpc) is 3.46. The minimum absolute atomic E-state index is 0.675. The van der Waals surface area contributed by atoms with Gasteiger partial charge >= 0.3 is 0 Å². The molecule has 16 N–H and O–H groups in total. The Morgan fingerprint density at radius 2 is 0.593 bits per heavy atom. The summed E-state index contributed by atoms with van der Waals surface area (Å²) in [6.07, 6.45) is -42.0. The molecule has 5 saturated heterocycles. The predicted octanol–water partition coefficient (Wildman–Crippen LogP) is -11.3. The highest BCUT2D eigenvalue weighted by atomic mass is 16.8. The molecule has 0 aromatic carbocycles. The Morgan fingerprint density at radius 1 is 0.296 bits per heavy atom. The molecule has 5 aliphatic rings. The van der Waals surface area contributed by atoms with Crippen molar-refractivity contribution in [1.82, 2.24) is 0 Å². The molecule has 5 rings (SSSR count). The largest absolute Gasteiger partial charge is 0.394 e. The summed E-state index contributed by atoms with van der Waals surface area (Å²) in [5, 5.41) is 164. The van der Waals surface area contributed by atoms with Crippen molar-refractivity contribution in [2.75, 3.05) is 33.0 Å². The number of hydrogen-bond donors (Lipinski definition) is 16. The van der Waals surface area contributed by atoms with Gasteiger partial charge < -0.3 is 124 Å². The molecule has 24 atom stereocenters. The molecule has 25 heteroatoms. The minimum atomic E-state index is -2.02. The Morgan fingerprint density at radius 3 is 1.02 bits per heavy atom. The lowest BCUT2D eigenvalue weighted by Gasteiger charge is -2.44. The van der Waals surface area contributed by atoms with E-state index >= 15 is 0 Å². The lowest BCUT2D eigenvalue weighted by molar-refractivity contribution is -0.367. The van der Waals surface area contributed by atoms with Crippen molar-refractivity contribution in [2.24, 2.45) is 0 Å². The zero-order chi connectivity index (χ0) is 39.8. The Labute approximate surface area is 305 Å². The maximum Gasteiger partial charge on any atom is 0.190 e. The number of aliphatic hydroxyl groups is 16. The third kappa shape index (κ3) is 9.00. The summed E-state index contributed by atoms with van der Waals surface area (Å²) < 4.78 is 49.2. The molecule has 0 aromatic heterocycles. The maximum absolute atomic E-state index is 10.8. The van der Waals surface area contributed by atoms with E-state index in [1.165, 1.54) is 0 Å². The maximum atomic E-state index is 10.8. The van der Waals surface area contributed by atoms with E-state index in [0.717, 1.165) is 0 Å². The highest BCUT2D eigenvalue weighted by Gasteiger charge is 2.54. The zero-order valence-corrected chi connectivity index (χ0v) is 28.2. The van der Waals surface area contributed by atoms with Crippen LogP contribution in [0.15, 0.2) is 0 Å². The fraction of sp³-hybridized carbons (Fsp3) is 1.00. The predicted molar refractivity (Wildman–Crippen MR) is 161 cm³/mol. The molecule has 0 aliphatic carbocycles. The van der Waals surface area contributed by atoms with Crippen LogP contribution in [0.5, 0.6) is 0 Å². The smallest absolute Gasteiger partial charge is 0.190 e. The van der Waals surface area contributed by atoms with Crippen molar-refractivity contribution in [3.05, 3.63) is 0 Å². The van der Waals surface area contributed by atoms with Gasteiger partial charge in [-0.3, -0.25) is 0 Å². The molecular formula is C29H50O25. The van der Waals surface area contributed by atoms with E-state index in [1.807, 2.05) is 0 Å². The Hall–Kier alpha value is -1.00. The summed E-state index contributed by atoms with van der Waals surface area (Å²) in [6, 6.07) is 0. The van der Waals surface area contributed by atoms with Gasteiger partial charge in [0, 0.05) is 0 Å². The van der Waals surface area contributed by atoms with Crippen LogP contribution in [0.4, 0.5) is 0 Å². The third-order valence-electron chi connectivity index (χ3n) is 9.92. The van der Waals surface area contributed by atoms with Gasteiger partial charge in [0.2, 0.25) is 0 Å². The number of ether oxygens (including phenoxy) is 9. The van der Waals surface area contributed by atoms with Crippen LogP contribution in [0.3, 0.4) is 0 Å². The zero-order valence-electron chi connectivity index (χ0n) is 28.2. The van der Waals surface area contributed by atoms with Crippen molar-refractivity contribution < 1.29 is 124 Å². The van der Waals surface area contributed by atoms with Gasteiger partial charge in [-0.15, -0.1) is 0 Å². The SMILES string of the molecule is OC[C@H]1O[C@H](OC[C@H]2O[C@H](OC[C@H]3O[C@H](O[C@@H]4O[C@H](CO)[C@@H](O)[C@@H]4O[C@@H]4O[C@H](CO)[C@@H](O)[C@H](O)[C@H]4O)[C@H](O)[C@@H](O)[C@@H]3O)[C@H](O)[C@@H](O)[C@H]2O)[C@H](O)[C@@H](O)[C@H]1O. The summed E-state index contributed by atoms with van der Waals surface area (Å²) in [5.41, 5.74) is 0. The number of rotatable bonds is 13. The molecule has 0 radical (unpaired) electrons. The van der Waals surface area contributed by atoms with Crippen molar-refractivity contribution in [2.45, 2.75) is 147 Å². The first-order valence-electron chi connectivity index (χ1n) is 17.0. The van der Waals surface area contributed by atoms with Crippen LogP contribution < -0.4 is 0 Å². The lowest BCUT2D eigenvalue weighted by atomic mass is 9.98. The van der Waals surface area contributed by atoms with Gasteiger partial charge in [-0.05, 0) is 0 Å². The molecule has 5 heterocycles. The molecule has 25 nitrogen and oxygen atoms in total. The summed E-state index contributed by atoms with van der Waals surface area (Å²) in [5.74, 6) is 0. The first-order chi connectivity index (χ1) is 25.5. The second-order valence-corrected chi connectivity index (χ2v) is 13.5. The molecule has 0 saturated carbocycles. The Balaban J connectivity index is 1.22. The van der Waals surface area contributed by atoms with Crippen molar-refractivity contribution in [3.8, 4) is 0 Å². The monoisotopic (exact) mass is 798 g/mol. The first kappa shape index (κ1) is 44.1. The quantitative estimate of drug-likeness (QED) is 0.0822. The highest BCUT2D eigenvalue weighted by molar-refractivity contribution is 4.96. The Kier molecular flexibility index (Phi) is 15.3. The summed E-state index contributed by atoms with van der Waals surface area (Å²) in [6.45, 7) is -3.81. The highest BCUT2D eigenvalue weighted by Crippen LogP contribution is 2.34. The van der Waals surface area contributed by atoms with Gasteiger partial charge in [0.25, 0.3) is 0 Å². The standard InChI is InChI=1S/C29H50O25/c30-1-6-11(33)16(38)20(42)25(48-6)46-4-9-13(35)18(40)21(43)26(51-9)47-5-10-14(36)19(41)23(45)28(52-10)54-29-24(15(37)8(3-32)50-29)53-27-22(44)17(39)12(34)7(2-31)49-27/h6-45H,1-5H2/t6-,7-,8-,9-,10-,11+,12-,13+,14-,15-,16+,17+,18+,19+,20-,21-,22-,23-,24+,25+,26+,27+,28-,29+/m1/s1. The van der Waals surface area contributed by atoms with Crippen LogP contribution in [-0.2, 0) is 42.6 Å². The summed E-state index contributed by atoms with van der Waals surface area (Å²) >= 11 is 0. The van der Waals surface area contributed by atoms with Crippen LogP contribution >= 0.6 is 0 Å². The normalized spacial score (nSPS) is 53.1. The van der Waals surface area contributed by atoms with E-state index in [9.17, 15) is 81.7 Å². The van der Waals surface area contributed by atoms with Gasteiger partial charge in [-0.1, -0.05) is 0 Å². The van der Waals surface area contributed by atoms with E-state index in [4.69, 9.17) is 42.6 Å². The second kappa shape index (κ2) is 18.7.